The number of nitrogens with one attached hydrogen (secondary N) is 1. The third kappa shape index (κ3) is 5.41. The summed E-state index contributed by atoms with van der Waals surface area (Å²) < 4.78 is 5.78. The van der Waals surface area contributed by atoms with E-state index in [4.69, 9.17) is 4.74 Å². The number of hydrogen-bond acceptors (Lipinski definition) is 4. The molecule has 2 aromatic carbocycles. The van der Waals surface area contributed by atoms with Crippen molar-refractivity contribution in [2.75, 3.05) is 6.54 Å². The van der Waals surface area contributed by atoms with E-state index in [0.29, 0.717) is 13.0 Å². The fourth-order valence-electron chi connectivity index (χ4n) is 2.85. The quantitative estimate of drug-likeness (QED) is 0.654. The van der Waals surface area contributed by atoms with E-state index in [-0.39, 0.29) is 5.91 Å². The highest BCUT2D eigenvalue weighted by atomic mass is 32.1. The van der Waals surface area contributed by atoms with E-state index < -0.39 is 6.10 Å². The summed E-state index contributed by atoms with van der Waals surface area (Å²) in [6.45, 7) is 6.34. The molecule has 0 aliphatic heterocycles. The fraction of sp³-hybridized carbons (Fsp3) is 0.273. The second-order valence-corrected chi connectivity index (χ2v) is 7.49. The monoisotopic (exact) mass is 380 g/mol. The highest BCUT2D eigenvalue weighted by Gasteiger charge is 2.14. The number of aryl methyl sites for hydroxylation is 2. The molecule has 0 spiro atoms. The maximum Gasteiger partial charge on any atom is 0.260 e. The highest BCUT2D eigenvalue weighted by Crippen LogP contribution is 2.23. The molecule has 1 amide bonds. The Kier molecular flexibility index (Phi) is 6.24. The van der Waals surface area contributed by atoms with Gasteiger partial charge in [-0.15, -0.1) is 11.3 Å². The minimum absolute atomic E-state index is 0.118. The second-order valence-electron chi connectivity index (χ2n) is 6.63. The normalized spacial score (nSPS) is 11.8. The molecule has 1 unspecified atom stereocenters. The fourth-order valence-corrected chi connectivity index (χ4v) is 3.71. The molecule has 0 fully saturated rings. The van der Waals surface area contributed by atoms with Gasteiger partial charge < -0.3 is 10.1 Å². The largest absolute Gasteiger partial charge is 0.481 e. The van der Waals surface area contributed by atoms with Gasteiger partial charge in [-0.1, -0.05) is 36.4 Å². The van der Waals surface area contributed by atoms with Gasteiger partial charge in [0.05, 0.1) is 5.69 Å². The third-order valence-electron chi connectivity index (χ3n) is 4.13. The number of carbonyl (C=O) groups is 1. The number of rotatable bonds is 7. The van der Waals surface area contributed by atoms with Crippen molar-refractivity contribution >= 4 is 17.2 Å². The van der Waals surface area contributed by atoms with E-state index in [1.807, 2.05) is 49.6 Å². The van der Waals surface area contributed by atoms with Gasteiger partial charge >= 0.3 is 0 Å². The first-order valence-electron chi connectivity index (χ1n) is 9.04. The smallest absolute Gasteiger partial charge is 0.260 e. The lowest BCUT2D eigenvalue weighted by Crippen LogP contribution is -2.37. The van der Waals surface area contributed by atoms with Gasteiger partial charge in [0.1, 0.15) is 10.8 Å². The van der Waals surface area contributed by atoms with Gasteiger partial charge in [0.2, 0.25) is 0 Å². The zero-order valence-corrected chi connectivity index (χ0v) is 16.7. The van der Waals surface area contributed by atoms with Gasteiger partial charge in [0.15, 0.2) is 6.10 Å². The van der Waals surface area contributed by atoms with Crippen LogP contribution in [0.1, 0.15) is 23.7 Å². The molecule has 140 valence electrons. The van der Waals surface area contributed by atoms with E-state index >= 15 is 0 Å². The maximum absolute atomic E-state index is 12.3. The van der Waals surface area contributed by atoms with Crippen molar-refractivity contribution in [1.29, 1.82) is 0 Å². The second kappa shape index (κ2) is 8.82. The lowest BCUT2D eigenvalue weighted by molar-refractivity contribution is -0.127. The molecular weight excluding hydrogens is 356 g/mol. The summed E-state index contributed by atoms with van der Waals surface area (Å²) in [7, 11) is 0. The molecule has 5 heteroatoms. The van der Waals surface area contributed by atoms with Crippen LogP contribution in [0.5, 0.6) is 5.75 Å². The van der Waals surface area contributed by atoms with Crippen LogP contribution in [0.2, 0.25) is 0 Å². The number of carbonyl (C=O) groups excluding carboxylic acids is 1. The van der Waals surface area contributed by atoms with Gasteiger partial charge in [-0.25, -0.2) is 4.98 Å². The number of amides is 1. The minimum Gasteiger partial charge on any atom is -0.481 e. The number of thiazole rings is 1. The molecule has 0 saturated heterocycles. The van der Waals surface area contributed by atoms with Crippen molar-refractivity contribution in [2.45, 2.75) is 33.3 Å². The average molecular weight is 381 g/mol. The van der Waals surface area contributed by atoms with Gasteiger partial charge in [-0.3, -0.25) is 4.79 Å². The third-order valence-corrected chi connectivity index (χ3v) is 5.07. The molecule has 0 saturated carbocycles. The van der Waals surface area contributed by atoms with Crippen LogP contribution in [0.25, 0.3) is 10.6 Å². The SMILES string of the molecule is Cc1cc(C)cc(OC(C)C(=O)NCCc2csc(-c3ccccc3)n2)c1. The van der Waals surface area contributed by atoms with Crippen LogP contribution in [0.15, 0.2) is 53.9 Å². The molecular formula is C22H24N2O2S. The Labute approximate surface area is 164 Å². The Balaban J connectivity index is 1.48. The summed E-state index contributed by atoms with van der Waals surface area (Å²) in [4.78, 5) is 16.9. The highest BCUT2D eigenvalue weighted by molar-refractivity contribution is 7.13. The van der Waals surface area contributed by atoms with Crippen LogP contribution in [0.4, 0.5) is 0 Å². The van der Waals surface area contributed by atoms with Crippen LogP contribution in [0.3, 0.4) is 0 Å². The Hall–Kier alpha value is -2.66. The zero-order chi connectivity index (χ0) is 19.2. The van der Waals surface area contributed by atoms with Crippen LogP contribution in [0, 0.1) is 13.8 Å². The molecule has 1 aromatic heterocycles. The average Bonchev–Trinajstić information content (AvgIpc) is 3.10. The molecule has 1 N–H and O–H groups in total. The predicted octanol–water partition coefficient (Wildman–Crippen LogP) is 4.55. The number of aromatic nitrogens is 1. The van der Waals surface area contributed by atoms with Crippen molar-refractivity contribution in [2.24, 2.45) is 0 Å². The van der Waals surface area contributed by atoms with Crippen molar-refractivity contribution in [1.82, 2.24) is 10.3 Å². The van der Waals surface area contributed by atoms with E-state index in [0.717, 1.165) is 33.1 Å². The van der Waals surface area contributed by atoms with E-state index in [1.54, 1.807) is 18.3 Å². The number of hydrogen-bond donors (Lipinski definition) is 1. The Bertz CT molecular complexity index is 885. The topological polar surface area (TPSA) is 51.2 Å². The summed E-state index contributed by atoms with van der Waals surface area (Å²) in [5, 5.41) is 5.98. The summed E-state index contributed by atoms with van der Waals surface area (Å²) in [5.74, 6) is 0.606. The number of ether oxygens (including phenoxy) is 1. The number of nitrogens with zero attached hydrogens (tertiary/aromatic N) is 1. The molecule has 1 atom stereocenters. The van der Waals surface area contributed by atoms with Crippen molar-refractivity contribution in [3.05, 3.63) is 70.7 Å². The molecule has 1 heterocycles. The van der Waals surface area contributed by atoms with Gasteiger partial charge in [-0.05, 0) is 44.0 Å². The molecule has 3 rings (SSSR count). The van der Waals surface area contributed by atoms with E-state index in [9.17, 15) is 4.79 Å². The number of benzene rings is 2. The molecule has 27 heavy (non-hydrogen) atoms. The van der Waals surface area contributed by atoms with Crippen molar-refractivity contribution in [3.63, 3.8) is 0 Å². The lowest BCUT2D eigenvalue weighted by Gasteiger charge is -2.15. The van der Waals surface area contributed by atoms with Crippen molar-refractivity contribution in [3.8, 4) is 16.3 Å². The Morgan fingerprint density at radius 1 is 1.15 bits per heavy atom. The molecule has 0 aliphatic carbocycles. The maximum atomic E-state index is 12.3. The van der Waals surface area contributed by atoms with E-state index in [2.05, 4.69) is 28.5 Å². The molecule has 0 aliphatic rings. The summed E-state index contributed by atoms with van der Waals surface area (Å²) in [5.41, 5.74) is 4.35. The molecule has 3 aromatic rings. The first-order valence-corrected chi connectivity index (χ1v) is 9.92. The van der Waals surface area contributed by atoms with Gasteiger partial charge in [0.25, 0.3) is 5.91 Å². The Morgan fingerprint density at radius 2 is 1.85 bits per heavy atom. The van der Waals surface area contributed by atoms with Crippen LogP contribution >= 0.6 is 11.3 Å². The first kappa shape index (κ1) is 19.1. The summed E-state index contributed by atoms with van der Waals surface area (Å²) in [6.07, 6.45) is 0.159. The van der Waals surface area contributed by atoms with Crippen molar-refractivity contribution < 1.29 is 9.53 Å². The minimum atomic E-state index is -0.540. The Morgan fingerprint density at radius 3 is 2.56 bits per heavy atom. The van der Waals surface area contributed by atoms with Gasteiger partial charge in [0, 0.05) is 23.9 Å². The standard InChI is InChI=1S/C22H24N2O2S/c1-15-11-16(2)13-20(12-15)26-17(3)21(25)23-10-9-19-14-27-22(24-19)18-7-5-4-6-8-18/h4-8,11-14,17H,9-10H2,1-3H3,(H,23,25). The predicted molar refractivity (Wildman–Crippen MR) is 110 cm³/mol. The van der Waals surface area contributed by atoms with Crippen LogP contribution in [-0.4, -0.2) is 23.5 Å². The van der Waals surface area contributed by atoms with Gasteiger partial charge in [-0.2, -0.15) is 0 Å². The van der Waals surface area contributed by atoms with Crippen LogP contribution in [-0.2, 0) is 11.2 Å². The first-order chi connectivity index (χ1) is 13.0. The zero-order valence-electron chi connectivity index (χ0n) is 15.9. The molecule has 0 bridgehead atoms. The summed E-state index contributed by atoms with van der Waals surface area (Å²) >= 11 is 1.62. The lowest BCUT2D eigenvalue weighted by atomic mass is 10.1. The molecule has 4 nitrogen and oxygen atoms in total. The van der Waals surface area contributed by atoms with Crippen LogP contribution < -0.4 is 10.1 Å². The molecule has 0 radical (unpaired) electrons. The van der Waals surface area contributed by atoms with E-state index in [1.165, 1.54) is 0 Å². The summed E-state index contributed by atoms with van der Waals surface area (Å²) in [6, 6.07) is 16.1.